The lowest BCUT2D eigenvalue weighted by Gasteiger charge is -2.38. The third-order valence-electron chi connectivity index (χ3n) is 7.58. The molecule has 1 aliphatic rings. The van der Waals surface area contributed by atoms with Gasteiger partial charge >= 0.3 is 0 Å². The second-order valence-corrected chi connectivity index (χ2v) is 15.8. The van der Waals surface area contributed by atoms with Gasteiger partial charge in [-0.3, -0.25) is 9.78 Å². The van der Waals surface area contributed by atoms with Crippen LogP contribution in [0.4, 0.5) is 5.69 Å². The first-order valence-corrected chi connectivity index (χ1v) is 15.4. The van der Waals surface area contributed by atoms with E-state index in [0.29, 0.717) is 35.8 Å². The van der Waals surface area contributed by atoms with Crippen LogP contribution in [0, 0.1) is 0 Å². The average Bonchev–Trinajstić information content (AvgIpc) is 3.30. The van der Waals surface area contributed by atoms with Gasteiger partial charge in [0.1, 0.15) is 0 Å². The summed E-state index contributed by atoms with van der Waals surface area (Å²) in [6.45, 7) is 11.6. The summed E-state index contributed by atoms with van der Waals surface area (Å²) in [6, 6.07) is 13.3. The molecule has 8 heteroatoms. The quantitative estimate of drug-likeness (QED) is 0.299. The summed E-state index contributed by atoms with van der Waals surface area (Å²) in [4.78, 5) is 20.1. The summed E-state index contributed by atoms with van der Waals surface area (Å²) in [5.41, 5.74) is 10.1. The van der Waals surface area contributed by atoms with Gasteiger partial charge in [-0.05, 0) is 60.0 Å². The number of nitrogen functional groups attached to an aromatic ring is 1. The van der Waals surface area contributed by atoms with Gasteiger partial charge in [0, 0.05) is 29.5 Å². The molecule has 1 aromatic heterocycles. The molecular formula is C29H37N3O4Si. The fourth-order valence-corrected chi connectivity index (χ4v) is 5.29. The Morgan fingerprint density at radius 1 is 1.11 bits per heavy atom. The summed E-state index contributed by atoms with van der Waals surface area (Å²) in [7, 11) is 1.06. The second kappa shape index (κ2) is 10.2. The Kier molecular flexibility index (Phi) is 7.35. The van der Waals surface area contributed by atoms with Gasteiger partial charge in [-0.25, -0.2) is 0 Å². The van der Waals surface area contributed by atoms with Crippen molar-refractivity contribution in [3.05, 3.63) is 66.0 Å². The van der Waals surface area contributed by atoms with Crippen LogP contribution in [0.1, 0.15) is 43.1 Å². The molecule has 0 saturated heterocycles. The van der Waals surface area contributed by atoms with Crippen LogP contribution in [0.2, 0.25) is 18.1 Å². The number of rotatable bonds is 7. The highest BCUT2D eigenvalue weighted by Crippen LogP contribution is 2.39. The number of hydrogen-bond acceptors (Lipinski definition) is 6. The number of nitrogens with two attached hydrogens (primary N) is 1. The van der Waals surface area contributed by atoms with Crippen molar-refractivity contribution in [3.63, 3.8) is 0 Å². The van der Waals surface area contributed by atoms with Crippen LogP contribution >= 0.6 is 0 Å². The van der Waals surface area contributed by atoms with Crippen molar-refractivity contribution in [1.82, 2.24) is 9.88 Å². The lowest BCUT2D eigenvalue weighted by molar-refractivity contribution is 0.0738. The lowest BCUT2D eigenvalue weighted by atomic mass is 10.0. The predicted molar refractivity (Wildman–Crippen MR) is 151 cm³/mol. The van der Waals surface area contributed by atoms with E-state index in [4.69, 9.17) is 19.6 Å². The number of carbonyl (C=O) groups is 1. The van der Waals surface area contributed by atoms with Gasteiger partial charge in [0.2, 0.25) is 0 Å². The van der Waals surface area contributed by atoms with Crippen molar-refractivity contribution >= 4 is 36.4 Å². The highest BCUT2D eigenvalue weighted by atomic mass is 28.4. The minimum Gasteiger partial charge on any atom is -0.493 e. The van der Waals surface area contributed by atoms with E-state index < -0.39 is 8.32 Å². The number of benzene rings is 2. The zero-order valence-electron chi connectivity index (χ0n) is 22.8. The molecule has 0 fully saturated rings. The third-order valence-corrected chi connectivity index (χ3v) is 12.1. The van der Waals surface area contributed by atoms with E-state index >= 15 is 0 Å². The number of carbonyl (C=O) groups excluding carboxylic acids is 1. The number of methoxy groups -OCH3 is 2. The molecule has 37 heavy (non-hydrogen) atoms. The van der Waals surface area contributed by atoms with Gasteiger partial charge in [-0.1, -0.05) is 32.9 Å². The highest BCUT2D eigenvalue weighted by Gasteiger charge is 2.40. The summed E-state index contributed by atoms with van der Waals surface area (Å²) in [5, 5.41) is 1.12. The maximum Gasteiger partial charge on any atom is 0.260 e. The minimum atomic E-state index is -2.02. The predicted octanol–water partition coefficient (Wildman–Crippen LogP) is 6.11. The number of pyridine rings is 1. The number of nitrogens with zero attached hydrogens (tertiary/aromatic N) is 2. The summed E-state index contributed by atoms with van der Waals surface area (Å²) in [5.74, 6) is 0.746. The van der Waals surface area contributed by atoms with Crippen molar-refractivity contribution in [2.75, 3.05) is 26.6 Å². The normalized spacial score (nSPS) is 16.1. The topological polar surface area (TPSA) is 86.9 Å². The first-order chi connectivity index (χ1) is 17.4. The standard InChI is InChI=1S/C29H37N3O4Si/c1-29(2,3)37(6,7)36-18-22-14-21(19-10-11-25-20(13-19)9-8-12-31-25)17-32(22)28(33)23-15-26(34-4)27(35-5)16-24(23)30/h8-13,15-17,22H,14,18,30H2,1-7H3/t22-/m0/s1. The van der Waals surface area contributed by atoms with E-state index in [1.54, 1.807) is 37.4 Å². The monoisotopic (exact) mass is 519 g/mol. The van der Waals surface area contributed by atoms with E-state index in [9.17, 15) is 4.79 Å². The SMILES string of the molecule is COc1cc(N)c(C(=O)N2C=C(c3ccc4ncccc4c3)C[C@H]2CO[Si](C)(C)C(C)(C)C)cc1OC. The molecule has 2 N–H and O–H groups in total. The number of fused-ring (bicyclic) bond motifs is 1. The third kappa shape index (κ3) is 5.35. The van der Waals surface area contributed by atoms with Gasteiger partial charge in [-0.2, -0.15) is 0 Å². The summed E-state index contributed by atoms with van der Waals surface area (Å²) in [6.07, 6.45) is 4.41. The molecule has 1 amide bonds. The number of aromatic nitrogens is 1. The molecule has 2 heterocycles. The van der Waals surface area contributed by atoms with Crippen LogP contribution in [0.3, 0.4) is 0 Å². The maximum atomic E-state index is 13.9. The highest BCUT2D eigenvalue weighted by molar-refractivity contribution is 6.74. The number of amides is 1. The molecule has 1 aliphatic heterocycles. The van der Waals surface area contributed by atoms with Crippen molar-refractivity contribution in [2.24, 2.45) is 0 Å². The van der Waals surface area contributed by atoms with Crippen molar-refractivity contribution in [1.29, 1.82) is 0 Å². The zero-order valence-corrected chi connectivity index (χ0v) is 23.8. The molecule has 0 aliphatic carbocycles. The van der Waals surface area contributed by atoms with Crippen LogP contribution in [0.5, 0.6) is 11.5 Å². The molecule has 1 atom stereocenters. The zero-order chi connectivity index (χ0) is 27.0. The molecule has 0 spiro atoms. The molecule has 7 nitrogen and oxygen atoms in total. The Labute approximate surface area is 220 Å². The summed E-state index contributed by atoms with van der Waals surface area (Å²) >= 11 is 0. The number of anilines is 1. The lowest BCUT2D eigenvalue weighted by Crippen LogP contribution is -2.45. The number of ether oxygens (including phenoxy) is 2. The minimum absolute atomic E-state index is 0.0653. The van der Waals surface area contributed by atoms with Crippen LogP contribution in [-0.2, 0) is 4.43 Å². The first kappa shape index (κ1) is 26.7. The van der Waals surface area contributed by atoms with Gasteiger partial charge in [0.25, 0.3) is 5.91 Å². The molecule has 4 rings (SSSR count). The van der Waals surface area contributed by atoms with E-state index in [2.05, 4.69) is 51.0 Å². The van der Waals surface area contributed by atoms with Crippen LogP contribution in [-0.4, -0.2) is 51.0 Å². The fourth-order valence-electron chi connectivity index (χ4n) is 4.25. The molecule has 0 unspecified atom stereocenters. The smallest absolute Gasteiger partial charge is 0.260 e. The largest absolute Gasteiger partial charge is 0.493 e. The van der Waals surface area contributed by atoms with Gasteiger partial charge in [-0.15, -0.1) is 0 Å². The van der Waals surface area contributed by atoms with E-state index in [0.717, 1.165) is 22.0 Å². The van der Waals surface area contributed by atoms with E-state index in [-0.39, 0.29) is 17.0 Å². The second-order valence-electron chi connectivity index (χ2n) is 11.0. The van der Waals surface area contributed by atoms with E-state index in [1.165, 1.54) is 0 Å². The fraction of sp³-hybridized carbons (Fsp3) is 0.379. The van der Waals surface area contributed by atoms with Crippen LogP contribution in [0.25, 0.3) is 16.5 Å². The average molecular weight is 520 g/mol. The Hall–Kier alpha value is -3.36. The Morgan fingerprint density at radius 2 is 1.81 bits per heavy atom. The Bertz CT molecular complexity index is 1350. The van der Waals surface area contributed by atoms with Gasteiger partial charge < -0.3 is 24.5 Å². The molecule has 0 bridgehead atoms. The molecule has 0 saturated carbocycles. The first-order valence-electron chi connectivity index (χ1n) is 12.5. The molecule has 0 radical (unpaired) electrons. The molecule has 196 valence electrons. The molecule has 2 aromatic carbocycles. The van der Waals surface area contributed by atoms with Gasteiger partial charge in [0.05, 0.1) is 37.9 Å². The summed E-state index contributed by atoms with van der Waals surface area (Å²) < 4.78 is 17.4. The number of hydrogen-bond donors (Lipinski definition) is 1. The van der Waals surface area contributed by atoms with Gasteiger partial charge in [0.15, 0.2) is 19.8 Å². The van der Waals surface area contributed by atoms with Crippen molar-refractivity contribution < 1.29 is 18.7 Å². The van der Waals surface area contributed by atoms with Crippen molar-refractivity contribution in [2.45, 2.75) is 51.4 Å². The van der Waals surface area contributed by atoms with E-state index in [1.807, 2.05) is 24.4 Å². The molecular weight excluding hydrogens is 482 g/mol. The Morgan fingerprint density at radius 3 is 2.49 bits per heavy atom. The Balaban J connectivity index is 1.71. The maximum absolute atomic E-state index is 13.9. The van der Waals surface area contributed by atoms with Crippen LogP contribution < -0.4 is 15.2 Å². The van der Waals surface area contributed by atoms with Crippen LogP contribution in [0.15, 0.2) is 54.9 Å². The van der Waals surface area contributed by atoms with Crippen molar-refractivity contribution in [3.8, 4) is 11.5 Å². The molecule has 3 aromatic rings.